The van der Waals surface area contributed by atoms with Gasteiger partial charge in [0, 0.05) is 31.9 Å². The van der Waals surface area contributed by atoms with Crippen molar-refractivity contribution < 1.29 is 14.7 Å². The molecule has 118 valence electrons. The molecule has 3 rings (SSSR count). The third kappa shape index (κ3) is 2.68. The number of amides is 2. The molecule has 3 saturated heterocycles. The predicted octanol–water partition coefficient (Wildman–Crippen LogP) is 1.06. The summed E-state index contributed by atoms with van der Waals surface area (Å²) in [6.45, 7) is 3.80. The van der Waals surface area contributed by atoms with E-state index in [1.807, 2.05) is 9.80 Å². The van der Waals surface area contributed by atoms with E-state index in [1.54, 1.807) is 11.8 Å². The smallest absolute Gasteiger partial charge is 0.246 e. The zero-order valence-electron chi connectivity index (χ0n) is 12.6. The lowest BCUT2D eigenvalue weighted by Crippen LogP contribution is -2.53. The molecule has 5 nitrogen and oxygen atoms in total. The first kappa shape index (κ1) is 15.2. The Bertz CT molecular complexity index is 443. The molecule has 3 atom stereocenters. The van der Waals surface area contributed by atoms with Crippen molar-refractivity contribution in [3.8, 4) is 0 Å². The number of rotatable bonds is 3. The molecule has 0 saturated carbocycles. The van der Waals surface area contributed by atoms with Gasteiger partial charge < -0.3 is 14.9 Å². The summed E-state index contributed by atoms with van der Waals surface area (Å²) in [4.78, 5) is 28.6. The number of thioether (sulfide) groups is 1. The molecule has 21 heavy (non-hydrogen) atoms. The Labute approximate surface area is 130 Å². The number of hydrogen-bond donors (Lipinski definition) is 1. The van der Waals surface area contributed by atoms with Gasteiger partial charge in [0.15, 0.2) is 0 Å². The molecule has 3 unspecified atom stereocenters. The maximum Gasteiger partial charge on any atom is 0.246 e. The fourth-order valence-electron chi connectivity index (χ4n) is 3.90. The lowest BCUT2D eigenvalue weighted by Gasteiger charge is -2.37. The molecule has 1 N–H and O–H groups in total. The molecule has 3 fully saturated rings. The number of aliphatic hydroxyl groups excluding tert-OH is 1. The van der Waals surface area contributed by atoms with Crippen LogP contribution in [-0.4, -0.2) is 63.1 Å². The Morgan fingerprint density at radius 3 is 3.10 bits per heavy atom. The first-order valence-electron chi connectivity index (χ1n) is 7.91. The molecule has 0 radical (unpaired) electrons. The Balaban J connectivity index is 1.69. The van der Waals surface area contributed by atoms with E-state index >= 15 is 0 Å². The van der Waals surface area contributed by atoms with Crippen LogP contribution in [0.3, 0.4) is 0 Å². The molecule has 0 aromatic carbocycles. The van der Waals surface area contributed by atoms with E-state index in [0.717, 1.165) is 44.5 Å². The largest absolute Gasteiger partial charge is 0.396 e. The molecule has 0 aromatic heterocycles. The van der Waals surface area contributed by atoms with Gasteiger partial charge in [-0.25, -0.2) is 0 Å². The summed E-state index contributed by atoms with van der Waals surface area (Å²) < 4.78 is 0. The number of fused-ring (bicyclic) bond motifs is 1. The lowest BCUT2D eigenvalue weighted by atomic mass is 9.94. The summed E-state index contributed by atoms with van der Waals surface area (Å²) >= 11 is 1.75. The number of likely N-dealkylation sites (tertiary alicyclic amines) is 1. The summed E-state index contributed by atoms with van der Waals surface area (Å²) in [7, 11) is 0. The van der Waals surface area contributed by atoms with Gasteiger partial charge >= 0.3 is 0 Å². The maximum absolute atomic E-state index is 12.8. The third-order valence-electron chi connectivity index (χ3n) is 5.10. The van der Waals surface area contributed by atoms with Crippen LogP contribution in [0, 0.1) is 5.92 Å². The molecule has 0 aliphatic carbocycles. The molecule has 0 bridgehead atoms. The highest BCUT2D eigenvalue weighted by Crippen LogP contribution is 2.47. The van der Waals surface area contributed by atoms with E-state index in [-0.39, 0.29) is 29.3 Å². The minimum Gasteiger partial charge on any atom is -0.396 e. The average Bonchev–Trinajstić information content (AvgIpc) is 2.96. The zero-order chi connectivity index (χ0) is 15.0. The SMILES string of the molecule is CC12CCC(=O)N1C(C(=O)N1CCCC(CCO)C1)CS2. The van der Waals surface area contributed by atoms with Gasteiger partial charge in [-0.05, 0) is 38.5 Å². The maximum atomic E-state index is 12.8. The van der Waals surface area contributed by atoms with E-state index in [4.69, 9.17) is 5.11 Å². The van der Waals surface area contributed by atoms with Crippen molar-refractivity contribution in [3.05, 3.63) is 0 Å². The van der Waals surface area contributed by atoms with Gasteiger partial charge in [0.2, 0.25) is 11.8 Å². The van der Waals surface area contributed by atoms with Crippen molar-refractivity contribution in [3.63, 3.8) is 0 Å². The minimum atomic E-state index is -0.275. The van der Waals surface area contributed by atoms with Crippen molar-refractivity contribution in [2.24, 2.45) is 5.92 Å². The minimum absolute atomic E-state index is 0.115. The summed E-state index contributed by atoms with van der Waals surface area (Å²) in [5, 5.41) is 9.09. The van der Waals surface area contributed by atoms with Gasteiger partial charge in [-0.2, -0.15) is 0 Å². The van der Waals surface area contributed by atoms with Crippen molar-refractivity contribution >= 4 is 23.6 Å². The van der Waals surface area contributed by atoms with Crippen molar-refractivity contribution in [1.82, 2.24) is 9.80 Å². The quantitative estimate of drug-likeness (QED) is 0.846. The molecule has 3 aliphatic rings. The topological polar surface area (TPSA) is 60.9 Å². The highest BCUT2D eigenvalue weighted by molar-refractivity contribution is 8.01. The van der Waals surface area contributed by atoms with Crippen LogP contribution >= 0.6 is 11.8 Å². The molecule has 0 spiro atoms. The van der Waals surface area contributed by atoms with Gasteiger partial charge in [0.05, 0.1) is 4.87 Å². The van der Waals surface area contributed by atoms with E-state index in [2.05, 4.69) is 6.92 Å². The number of aliphatic hydroxyl groups is 1. The Kier molecular flexibility index (Phi) is 4.19. The monoisotopic (exact) mass is 312 g/mol. The normalized spacial score (nSPS) is 36.2. The summed E-state index contributed by atoms with van der Waals surface area (Å²) in [5.41, 5.74) is 0. The molecule has 6 heteroatoms. The fourth-order valence-corrected chi connectivity index (χ4v) is 5.32. The van der Waals surface area contributed by atoms with Crippen molar-refractivity contribution in [2.75, 3.05) is 25.4 Å². The molecule has 0 aromatic rings. The second kappa shape index (κ2) is 5.80. The van der Waals surface area contributed by atoms with Crippen LogP contribution in [0.2, 0.25) is 0 Å². The molecule has 3 aliphatic heterocycles. The van der Waals surface area contributed by atoms with Gasteiger partial charge in [0.25, 0.3) is 0 Å². The van der Waals surface area contributed by atoms with E-state index in [9.17, 15) is 9.59 Å². The van der Waals surface area contributed by atoms with Gasteiger partial charge in [-0.1, -0.05) is 0 Å². The Morgan fingerprint density at radius 1 is 1.52 bits per heavy atom. The van der Waals surface area contributed by atoms with E-state index in [0.29, 0.717) is 12.3 Å². The summed E-state index contributed by atoms with van der Waals surface area (Å²) in [6.07, 6.45) is 4.28. The summed E-state index contributed by atoms with van der Waals surface area (Å²) in [5.74, 6) is 1.37. The average molecular weight is 312 g/mol. The molecule has 2 amide bonds. The molecule has 3 heterocycles. The second-order valence-corrected chi connectivity index (χ2v) is 8.07. The number of piperidine rings is 1. The van der Waals surface area contributed by atoms with Crippen LogP contribution in [0.1, 0.15) is 39.0 Å². The molecular weight excluding hydrogens is 288 g/mol. The van der Waals surface area contributed by atoms with Crippen LogP contribution in [-0.2, 0) is 9.59 Å². The Hall–Kier alpha value is -0.750. The standard InChI is InChI=1S/C15H24N2O3S/c1-15-6-4-13(19)17(15)12(10-21-15)14(20)16-7-2-3-11(9-16)5-8-18/h11-12,18H,2-10H2,1H3. The first-order valence-corrected chi connectivity index (χ1v) is 8.89. The third-order valence-corrected chi connectivity index (χ3v) is 6.60. The van der Waals surface area contributed by atoms with Crippen LogP contribution in [0.5, 0.6) is 0 Å². The Morgan fingerprint density at radius 2 is 2.33 bits per heavy atom. The fraction of sp³-hybridized carbons (Fsp3) is 0.867. The van der Waals surface area contributed by atoms with Crippen LogP contribution in [0.15, 0.2) is 0 Å². The number of carbonyl (C=O) groups is 2. The van der Waals surface area contributed by atoms with Crippen LogP contribution < -0.4 is 0 Å². The van der Waals surface area contributed by atoms with Gasteiger partial charge in [0.1, 0.15) is 6.04 Å². The number of carbonyl (C=O) groups excluding carboxylic acids is 2. The predicted molar refractivity (Wildman–Crippen MR) is 81.7 cm³/mol. The van der Waals surface area contributed by atoms with Crippen LogP contribution in [0.4, 0.5) is 0 Å². The lowest BCUT2D eigenvalue weighted by molar-refractivity contribution is -0.145. The second-order valence-electron chi connectivity index (χ2n) is 6.57. The highest BCUT2D eigenvalue weighted by Gasteiger charge is 2.53. The number of nitrogens with zero attached hydrogens (tertiary/aromatic N) is 2. The van der Waals surface area contributed by atoms with Crippen LogP contribution in [0.25, 0.3) is 0 Å². The first-order chi connectivity index (χ1) is 10.0. The van der Waals surface area contributed by atoms with Crippen molar-refractivity contribution in [2.45, 2.75) is 49.9 Å². The highest BCUT2D eigenvalue weighted by atomic mass is 32.2. The van der Waals surface area contributed by atoms with Gasteiger partial charge in [-0.15, -0.1) is 11.8 Å². The van der Waals surface area contributed by atoms with E-state index in [1.165, 1.54) is 0 Å². The number of hydrogen-bond acceptors (Lipinski definition) is 4. The zero-order valence-corrected chi connectivity index (χ0v) is 13.4. The van der Waals surface area contributed by atoms with E-state index < -0.39 is 0 Å². The van der Waals surface area contributed by atoms with Gasteiger partial charge in [-0.3, -0.25) is 9.59 Å². The molecular formula is C15H24N2O3S. The summed E-state index contributed by atoms with van der Waals surface area (Å²) in [6, 6.07) is -0.275. The van der Waals surface area contributed by atoms with Crippen molar-refractivity contribution in [1.29, 1.82) is 0 Å².